The van der Waals surface area contributed by atoms with Gasteiger partial charge in [0.2, 0.25) is 0 Å². The lowest BCUT2D eigenvalue weighted by Crippen LogP contribution is -2.46. The smallest absolute Gasteiger partial charge is 0.338 e. The summed E-state index contributed by atoms with van der Waals surface area (Å²) in [4.78, 5) is 25.2. The second kappa shape index (κ2) is 8.47. The lowest BCUT2D eigenvalue weighted by atomic mass is 10.0. The van der Waals surface area contributed by atoms with E-state index < -0.39 is 29.7 Å². The number of thioether (sulfide) groups is 1. The number of urea groups is 1. The summed E-state index contributed by atoms with van der Waals surface area (Å²) in [5.41, 5.74) is 0.516. The van der Waals surface area contributed by atoms with Crippen molar-refractivity contribution in [3.05, 3.63) is 64.8 Å². The number of halogens is 2. The van der Waals surface area contributed by atoms with Crippen molar-refractivity contribution in [1.82, 2.24) is 10.6 Å². The fourth-order valence-corrected chi connectivity index (χ4v) is 3.62. The lowest BCUT2D eigenvalue weighted by molar-refractivity contribution is -0.139. The zero-order valence-corrected chi connectivity index (χ0v) is 16.0. The van der Waals surface area contributed by atoms with Crippen LogP contribution in [0.1, 0.15) is 24.5 Å². The zero-order valence-electron chi connectivity index (χ0n) is 15.2. The number of amides is 2. The van der Waals surface area contributed by atoms with Crippen LogP contribution >= 0.6 is 11.8 Å². The van der Waals surface area contributed by atoms with E-state index in [1.807, 2.05) is 0 Å². The van der Waals surface area contributed by atoms with Crippen LogP contribution in [0.25, 0.3) is 0 Å². The average Bonchev–Trinajstić information content (AvgIpc) is 3.08. The largest absolute Gasteiger partial charge is 0.464 e. The molecule has 148 valence electrons. The minimum atomic E-state index is -0.970. The molecule has 2 amide bonds. The molecular formula is C19H18F2N2O4S. The Kier molecular flexibility index (Phi) is 6.03. The van der Waals surface area contributed by atoms with Crippen LogP contribution in [0, 0.1) is 18.6 Å². The maximum Gasteiger partial charge on any atom is 0.338 e. The molecule has 0 spiro atoms. The summed E-state index contributed by atoms with van der Waals surface area (Å²) in [5, 5.41) is 5.27. The van der Waals surface area contributed by atoms with Crippen molar-refractivity contribution in [2.24, 2.45) is 0 Å². The Morgan fingerprint density at radius 2 is 2.04 bits per heavy atom. The van der Waals surface area contributed by atoms with Gasteiger partial charge >= 0.3 is 12.0 Å². The third-order valence-corrected chi connectivity index (χ3v) is 4.99. The van der Waals surface area contributed by atoms with Gasteiger partial charge in [-0.25, -0.2) is 18.4 Å². The highest BCUT2D eigenvalue weighted by Crippen LogP contribution is 2.31. The number of carbonyl (C=O) groups excluding carboxylic acids is 2. The number of esters is 1. The molecule has 2 N–H and O–H groups in total. The molecule has 2 heterocycles. The van der Waals surface area contributed by atoms with E-state index in [2.05, 4.69) is 10.6 Å². The quantitative estimate of drug-likeness (QED) is 0.561. The summed E-state index contributed by atoms with van der Waals surface area (Å²) in [5.74, 6) is -1.35. The Morgan fingerprint density at radius 1 is 1.25 bits per heavy atom. The molecule has 3 rings (SSSR count). The number of ether oxygens (including phenoxy) is 1. The zero-order chi connectivity index (χ0) is 20.3. The van der Waals surface area contributed by atoms with Gasteiger partial charge < -0.3 is 19.8 Å². The number of carbonyl (C=O) groups is 2. The number of hydrogen-bond acceptors (Lipinski definition) is 5. The Balaban J connectivity index is 1.94. The van der Waals surface area contributed by atoms with Crippen molar-refractivity contribution in [3.63, 3.8) is 0 Å². The molecule has 6 nitrogen and oxygen atoms in total. The van der Waals surface area contributed by atoms with Gasteiger partial charge in [-0.1, -0.05) is 0 Å². The molecule has 0 bridgehead atoms. The van der Waals surface area contributed by atoms with Crippen LogP contribution in [0.2, 0.25) is 0 Å². The van der Waals surface area contributed by atoms with E-state index in [4.69, 9.17) is 9.15 Å². The Labute approximate surface area is 164 Å². The van der Waals surface area contributed by atoms with Gasteiger partial charge in [-0.2, -0.15) is 0 Å². The summed E-state index contributed by atoms with van der Waals surface area (Å²) in [6, 6.07) is 5.57. The highest BCUT2D eigenvalue weighted by Gasteiger charge is 2.35. The average molecular weight is 408 g/mol. The van der Waals surface area contributed by atoms with Crippen molar-refractivity contribution >= 4 is 23.8 Å². The molecule has 1 aromatic carbocycles. The Hall–Kier alpha value is -2.81. The van der Waals surface area contributed by atoms with Gasteiger partial charge in [0.1, 0.15) is 17.6 Å². The molecule has 0 aliphatic carbocycles. The monoisotopic (exact) mass is 408 g/mol. The Bertz CT molecular complexity index is 942. The maximum absolute atomic E-state index is 13.4. The molecule has 0 saturated heterocycles. The second-order valence-corrected chi connectivity index (χ2v) is 7.01. The fourth-order valence-electron chi connectivity index (χ4n) is 2.73. The fraction of sp³-hybridized carbons (Fsp3) is 0.263. The SMILES string of the molecule is CCOC(=O)C1=C(CSc2ccc(F)c(F)c2)NC(=O)NC1c1ccc(C)o1. The van der Waals surface area contributed by atoms with Crippen LogP contribution < -0.4 is 10.6 Å². The summed E-state index contributed by atoms with van der Waals surface area (Å²) < 4.78 is 37.3. The number of hydrogen-bond donors (Lipinski definition) is 2. The second-order valence-electron chi connectivity index (χ2n) is 5.96. The molecule has 1 unspecified atom stereocenters. The molecule has 0 radical (unpaired) electrons. The van der Waals surface area contributed by atoms with Gasteiger partial charge in [-0.15, -0.1) is 11.8 Å². The highest BCUT2D eigenvalue weighted by molar-refractivity contribution is 7.99. The third kappa shape index (κ3) is 4.36. The number of furan rings is 1. The standard InChI is InChI=1S/C19H18F2N2O4S/c1-3-26-18(24)16-14(9-28-11-5-6-12(20)13(21)8-11)22-19(25)23-17(16)15-7-4-10(2)27-15/h4-8,17H,3,9H2,1-2H3,(H2,22,23,25). The first-order valence-corrected chi connectivity index (χ1v) is 9.49. The summed E-state index contributed by atoms with van der Waals surface area (Å²) in [7, 11) is 0. The van der Waals surface area contributed by atoms with Crippen LogP contribution in [0.4, 0.5) is 13.6 Å². The first-order valence-electron chi connectivity index (χ1n) is 8.51. The van der Waals surface area contributed by atoms with E-state index >= 15 is 0 Å². The molecule has 0 saturated carbocycles. The van der Waals surface area contributed by atoms with Crippen molar-refractivity contribution in [2.45, 2.75) is 24.8 Å². The van der Waals surface area contributed by atoms with Gasteiger partial charge in [0.15, 0.2) is 11.6 Å². The van der Waals surface area contributed by atoms with Crippen LogP contribution in [-0.2, 0) is 9.53 Å². The van der Waals surface area contributed by atoms with E-state index in [-0.39, 0.29) is 17.9 Å². The summed E-state index contributed by atoms with van der Waals surface area (Å²) >= 11 is 1.15. The number of nitrogens with one attached hydrogen (secondary N) is 2. The van der Waals surface area contributed by atoms with Crippen molar-refractivity contribution < 1.29 is 27.5 Å². The van der Waals surface area contributed by atoms with Crippen LogP contribution in [0.3, 0.4) is 0 Å². The minimum Gasteiger partial charge on any atom is -0.464 e. The van der Waals surface area contributed by atoms with Gasteiger partial charge in [0, 0.05) is 16.3 Å². The number of benzene rings is 1. The van der Waals surface area contributed by atoms with E-state index in [9.17, 15) is 18.4 Å². The summed E-state index contributed by atoms with van der Waals surface area (Å²) in [6.45, 7) is 3.58. The third-order valence-electron chi connectivity index (χ3n) is 3.97. The maximum atomic E-state index is 13.4. The minimum absolute atomic E-state index is 0.142. The van der Waals surface area contributed by atoms with Crippen LogP contribution in [-0.4, -0.2) is 24.4 Å². The predicted molar refractivity (Wildman–Crippen MR) is 98.6 cm³/mol. The number of rotatable bonds is 6. The lowest BCUT2D eigenvalue weighted by Gasteiger charge is -2.27. The van der Waals surface area contributed by atoms with Gasteiger partial charge in [-0.05, 0) is 44.2 Å². The molecule has 2 aromatic rings. The molecule has 9 heteroatoms. The first kappa shape index (κ1) is 19.9. The van der Waals surface area contributed by atoms with Crippen LogP contribution in [0.15, 0.2) is 50.9 Å². The molecular weight excluding hydrogens is 390 g/mol. The van der Waals surface area contributed by atoms with E-state index in [0.717, 1.165) is 23.9 Å². The van der Waals surface area contributed by atoms with E-state index in [0.29, 0.717) is 22.1 Å². The highest BCUT2D eigenvalue weighted by atomic mass is 32.2. The predicted octanol–water partition coefficient (Wildman–Crippen LogP) is 3.83. The molecule has 1 atom stereocenters. The molecule has 0 fully saturated rings. The van der Waals surface area contributed by atoms with Crippen molar-refractivity contribution in [1.29, 1.82) is 0 Å². The number of aryl methyl sites for hydroxylation is 1. The van der Waals surface area contributed by atoms with E-state index in [1.54, 1.807) is 26.0 Å². The molecule has 1 aromatic heterocycles. The topological polar surface area (TPSA) is 80.6 Å². The van der Waals surface area contributed by atoms with Crippen molar-refractivity contribution in [3.8, 4) is 0 Å². The van der Waals surface area contributed by atoms with Crippen LogP contribution in [0.5, 0.6) is 0 Å². The normalized spacial score (nSPS) is 16.6. The van der Waals surface area contributed by atoms with Crippen molar-refractivity contribution in [2.75, 3.05) is 12.4 Å². The molecule has 1 aliphatic rings. The Morgan fingerprint density at radius 3 is 2.68 bits per heavy atom. The van der Waals surface area contributed by atoms with Gasteiger partial charge in [0.25, 0.3) is 0 Å². The summed E-state index contributed by atoms with van der Waals surface area (Å²) in [6.07, 6.45) is 0. The molecule has 28 heavy (non-hydrogen) atoms. The van der Waals surface area contributed by atoms with Gasteiger partial charge in [0.05, 0.1) is 12.2 Å². The first-order chi connectivity index (χ1) is 13.4. The van der Waals surface area contributed by atoms with E-state index in [1.165, 1.54) is 6.07 Å². The molecule has 1 aliphatic heterocycles. The van der Waals surface area contributed by atoms with Gasteiger partial charge in [-0.3, -0.25) is 0 Å².